The number of aryl methyl sites for hydroxylation is 1. The first-order valence-corrected chi connectivity index (χ1v) is 9.89. The highest BCUT2D eigenvalue weighted by Gasteiger charge is 2.24. The van der Waals surface area contributed by atoms with Crippen LogP contribution in [0.25, 0.3) is 0 Å². The third-order valence-corrected chi connectivity index (χ3v) is 5.25. The van der Waals surface area contributed by atoms with E-state index < -0.39 is 0 Å². The highest BCUT2D eigenvalue weighted by atomic mass is 16.5. The van der Waals surface area contributed by atoms with Crippen molar-refractivity contribution in [3.63, 3.8) is 0 Å². The molecule has 1 N–H and O–H groups in total. The molecule has 0 saturated heterocycles. The van der Waals surface area contributed by atoms with Crippen molar-refractivity contribution in [2.75, 3.05) is 13.2 Å². The molecule has 0 aliphatic carbocycles. The van der Waals surface area contributed by atoms with Crippen LogP contribution in [0.3, 0.4) is 0 Å². The summed E-state index contributed by atoms with van der Waals surface area (Å²) in [6, 6.07) is 7.56. The van der Waals surface area contributed by atoms with E-state index in [0.717, 1.165) is 42.1 Å². The summed E-state index contributed by atoms with van der Waals surface area (Å²) in [6.45, 7) is 6.88. The summed E-state index contributed by atoms with van der Waals surface area (Å²) in [4.78, 5) is 26.6. The van der Waals surface area contributed by atoms with Crippen LogP contribution in [0.4, 0.5) is 0 Å². The second-order valence-corrected chi connectivity index (χ2v) is 7.72. The van der Waals surface area contributed by atoms with E-state index in [0.29, 0.717) is 31.7 Å². The number of carbonyl (C=O) groups excluding carboxylic acids is 2. The maximum Gasteiger partial charge on any atom is 0.251 e. The Bertz CT molecular complexity index is 903. The summed E-state index contributed by atoms with van der Waals surface area (Å²) in [5, 5.41) is 7.52. The number of ether oxygens (including phenoxy) is 1. The molecule has 0 saturated carbocycles. The summed E-state index contributed by atoms with van der Waals surface area (Å²) >= 11 is 0. The highest BCUT2D eigenvalue weighted by molar-refractivity contribution is 5.94. The maximum absolute atomic E-state index is 12.5. The van der Waals surface area contributed by atoms with Gasteiger partial charge in [-0.3, -0.25) is 14.3 Å². The zero-order chi connectivity index (χ0) is 19.7. The molecule has 0 spiro atoms. The zero-order valence-corrected chi connectivity index (χ0v) is 16.4. The van der Waals surface area contributed by atoms with E-state index in [4.69, 9.17) is 4.74 Å². The van der Waals surface area contributed by atoms with Gasteiger partial charge in [0, 0.05) is 18.0 Å². The molecular formula is C21H26N4O3. The minimum absolute atomic E-state index is 0.00440. The van der Waals surface area contributed by atoms with E-state index in [1.165, 1.54) is 0 Å². The summed E-state index contributed by atoms with van der Waals surface area (Å²) in [6.07, 6.45) is 1.92. The average molecular weight is 382 g/mol. The standard InChI is InChI=1S/C21H26N4O3/c1-14(2)21(27)24-7-8-25-18(13-24)11-17(23-25)12-22-20(26)16-5-6-19-15(10-16)4-3-9-28-19/h5-6,10-11,14H,3-4,7-9,12-13H2,1-2H3,(H,22,26). The number of hydrogen-bond donors (Lipinski definition) is 1. The number of nitrogens with one attached hydrogen (secondary N) is 1. The summed E-state index contributed by atoms with van der Waals surface area (Å²) < 4.78 is 7.53. The fraction of sp³-hybridized carbons (Fsp3) is 0.476. The third kappa shape index (κ3) is 3.74. The van der Waals surface area contributed by atoms with Gasteiger partial charge in [0.1, 0.15) is 5.75 Å². The molecule has 0 unspecified atom stereocenters. The Hall–Kier alpha value is -2.83. The number of benzene rings is 1. The largest absolute Gasteiger partial charge is 0.493 e. The summed E-state index contributed by atoms with van der Waals surface area (Å²) in [7, 11) is 0. The first-order valence-electron chi connectivity index (χ1n) is 9.89. The van der Waals surface area contributed by atoms with Crippen molar-refractivity contribution in [3.05, 3.63) is 46.8 Å². The van der Waals surface area contributed by atoms with Crippen molar-refractivity contribution < 1.29 is 14.3 Å². The van der Waals surface area contributed by atoms with Crippen molar-refractivity contribution in [2.45, 2.75) is 46.3 Å². The predicted octanol–water partition coefficient (Wildman–Crippen LogP) is 2.14. The lowest BCUT2D eigenvalue weighted by Gasteiger charge is -2.29. The quantitative estimate of drug-likeness (QED) is 0.879. The van der Waals surface area contributed by atoms with Crippen LogP contribution in [-0.4, -0.2) is 39.6 Å². The first kappa shape index (κ1) is 18.5. The van der Waals surface area contributed by atoms with Crippen LogP contribution in [0.2, 0.25) is 0 Å². The molecule has 0 atom stereocenters. The second kappa shape index (κ2) is 7.66. The Kier molecular flexibility index (Phi) is 5.07. The Balaban J connectivity index is 1.38. The Morgan fingerprint density at radius 2 is 2.11 bits per heavy atom. The molecule has 1 aromatic heterocycles. The molecule has 2 aliphatic rings. The summed E-state index contributed by atoms with van der Waals surface area (Å²) in [5.41, 5.74) is 3.55. The van der Waals surface area contributed by atoms with Crippen LogP contribution in [0.1, 0.15) is 47.6 Å². The van der Waals surface area contributed by atoms with Crippen LogP contribution in [0, 0.1) is 5.92 Å². The van der Waals surface area contributed by atoms with Gasteiger partial charge in [0.25, 0.3) is 5.91 Å². The van der Waals surface area contributed by atoms with Gasteiger partial charge in [-0.05, 0) is 42.7 Å². The van der Waals surface area contributed by atoms with E-state index in [1.807, 2.05) is 41.6 Å². The van der Waals surface area contributed by atoms with Gasteiger partial charge in [-0.2, -0.15) is 5.10 Å². The molecule has 2 aliphatic heterocycles. The number of fused-ring (bicyclic) bond motifs is 2. The maximum atomic E-state index is 12.5. The Morgan fingerprint density at radius 3 is 2.93 bits per heavy atom. The molecule has 0 radical (unpaired) electrons. The van der Waals surface area contributed by atoms with Crippen molar-refractivity contribution in [1.29, 1.82) is 0 Å². The number of rotatable bonds is 4. The number of hydrogen-bond acceptors (Lipinski definition) is 4. The molecule has 7 heteroatoms. The average Bonchev–Trinajstić information content (AvgIpc) is 3.13. The number of aromatic nitrogens is 2. The van der Waals surface area contributed by atoms with Crippen LogP contribution in [0.5, 0.6) is 5.75 Å². The Morgan fingerprint density at radius 1 is 1.25 bits per heavy atom. The van der Waals surface area contributed by atoms with Gasteiger partial charge in [0.2, 0.25) is 5.91 Å². The van der Waals surface area contributed by atoms with Crippen LogP contribution in [-0.2, 0) is 30.8 Å². The molecule has 0 bridgehead atoms. The van der Waals surface area contributed by atoms with E-state index in [2.05, 4.69) is 10.4 Å². The van der Waals surface area contributed by atoms with Gasteiger partial charge in [-0.15, -0.1) is 0 Å². The van der Waals surface area contributed by atoms with Crippen LogP contribution in [0.15, 0.2) is 24.3 Å². The molecule has 2 aromatic rings. The molecule has 28 heavy (non-hydrogen) atoms. The summed E-state index contributed by atoms with van der Waals surface area (Å²) in [5.74, 6) is 0.926. The zero-order valence-electron chi connectivity index (χ0n) is 16.4. The normalized spacial score (nSPS) is 15.6. The fourth-order valence-corrected chi connectivity index (χ4v) is 3.74. The van der Waals surface area contributed by atoms with Gasteiger partial charge in [0.15, 0.2) is 0 Å². The lowest BCUT2D eigenvalue weighted by atomic mass is 10.0. The topological polar surface area (TPSA) is 76.5 Å². The molecule has 4 rings (SSSR count). The second-order valence-electron chi connectivity index (χ2n) is 7.72. The number of nitrogens with zero attached hydrogens (tertiary/aromatic N) is 3. The van der Waals surface area contributed by atoms with E-state index in [9.17, 15) is 9.59 Å². The van der Waals surface area contributed by atoms with Gasteiger partial charge in [-0.1, -0.05) is 13.8 Å². The smallest absolute Gasteiger partial charge is 0.251 e. The molecule has 7 nitrogen and oxygen atoms in total. The molecule has 148 valence electrons. The molecule has 0 fully saturated rings. The van der Waals surface area contributed by atoms with Crippen LogP contribution < -0.4 is 10.1 Å². The third-order valence-electron chi connectivity index (χ3n) is 5.25. The monoisotopic (exact) mass is 382 g/mol. The minimum Gasteiger partial charge on any atom is -0.493 e. The highest BCUT2D eigenvalue weighted by Crippen LogP contribution is 2.25. The Labute approximate surface area is 164 Å². The number of carbonyl (C=O) groups is 2. The van der Waals surface area contributed by atoms with Crippen LogP contribution >= 0.6 is 0 Å². The molecule has 3 heterocycles. The molecular weight excluding hydrogens is 356 g/mol. The SMILES string of the molecule is CC(C)C(=O)N1CCn2nc(CNC(=O)c3ccc4c(c3)CCCO4)cc2C1. The lowest BCUT2D eigenvalue weighted by molar-refractivity contribution is -0.136. The van der Waals surface area contributed by atoms with E-state index >= 15 is 0 Å². The fourth-order valence-electron chi connectivity index (χ4n) is 3.74. The van der Waals surface area contributed by atoms with Crippen molar-refractivity contribution in [1.82, 2.24) is 20.0 Å². The van der Waals surface area contributed by atoms with Gasteiger partial charge in [-0.25, -0.2) is 0 Å². The molecule has 2 amide bonds. The van der Waals surface area contributed by atoms with Gasteiger partial charge in [0.05, 0.1) is 37.6 Å². The van der Waals surface area contributed by atoms with Crippen molar-refractivity contribution >= 4 is 11.8 Å². The molecule has 1 aromatic carbocycles. The van der Waals surface area contributed by atoms with Crippen molar-refractivity contribution in [2.24, 2.45) is 5.92 Å². The van der Waals surface area contributed by atoms with E-state index in [-0.39, 0.29) is 17.7 Å². The van der Waals surface area contributed by atoms with Gasteiger partial charge < -0.3 is 15.0 Å². The lowest BCUT2D eigenvalue weighted by Crippen LogP contribution is -2.40. The predicted molar refractivity (Wildman–Crippen MR) is 104 cm³/mol. The minimum atomic E-state index is -0.115. The van der Waals surface area contributed by atoms with Crippen molar-refractivity contribution in [3.8, 4) is 5.75 Å². The first-order chi connectivity index (χ1) is 13.5. The van der Waals surface area contributed by atoms with E-state index in [1.54, 1.807) is 6.07 Å². The number of amides is 2. The van der Waals surface area contributed by atoms with Gasteiger partial charge >= 0.3 is 0 Å².